The highest BCUT2D eigenvalue weighted by Crippen LogP contribution is 2.39. The minimum absolute atomic E-state index is 0.161. The van der Waals surface area contributed by atoms with Gasteiger partial charge in [0.05, 0.1) is 4.92 Å². The van der Waals surface area contributed by atoms with Crippen molar-refractivity contribution in [2.45, 2.75) is 38.2 Å². The number of rotatable bonds is 6. The van der Waals surface area contributed by atoms with Crippen molar-refractivity contribution in [3.63, 3.8) is 0 Å². The van der Waals surface area contributed by atoms with Crippen LogP contribution in [0.15, 0.2) is 18.2 Å². The monoisotopic (exact) mass is 388 g/mol. The second-order valence-electron chi connectivity index (χ2n) is 5.32. The Morgan fingerprint density at radius 3 is 2.23 bits per heavy atom. The molecule has 1 aromatic rings. The van der Waals surface area contributed by atoms with E-state index < -0.39 is 52.3 Å². The van der Waals surface area contributed by atoms with Gasteiger partial charge in [-0.2, -0.15) is 26.3 Å². The Hall–Kier alpha value is -2.37. The maximum absolute atomic E-state index is 13.2. The van der Waals surface area contributed by atoms with Gasteiger partial charge in [-0.3, -0.25) is 14.9 Å². The molecule has 0 aliphatic heterocycles. The standard InChI is InChI=1S/C14H14F6N2O4/c1-3-6-26-12(2,14(18,19)20)11(23)21-8-4-5-10(22(24)25)9(7-8)13(15,16)17/h4-5,7H,3,6H2,1-2H3,(H,21,23). The molecule has 1 rings (SSSR count). The number of carbonyl (C=O) groups excluding carboxylic acids is 1. The molecular weight excluding hydrogens is 374 g/mol. The van der Waals surface area contributed by atoms with Gasteiger partial charge >= 0.3 is 12.4 Å². The lowest BCUT2D eigenvalue weighted by molar-refractivity contribution is -0.388. The first kappa shape index (κ1) is 21.7. The summed E-state index contributed by atoms with van der Waals surface area (Å²) in [5, 5.41) is 12.3. The van der Waals surface area contributed by atoms with Gasteiger partial charge in [-0.1, -0.05) is 6.92 Å². The third-order valence-corrected chi connectivity index (χ3v) is 3.33. The predicted octanol–water partition coefficient (Wildman–Crippen LogP) is 4.30. The molecule has 0 bridgehead atoms. The van der Waals surface area contributed by atoms with Crippen molar-refractivity contribution >= 4 is 17.3 Å². The number of halogens is 6. The van der Waals surface area contributed by atoms with Gasteiger partial charge in [-0.25, -0.2) is 0 Å². The third kappa shape index (κ3) is 4.62. The second-order valence-corrected chi connectivity index (χ2v) is 5.32. The van der Waals surface area contributed by atoms with E-state index in [1.165, 1.54) is 6.92 Å². The molecule has 1 atom stereocenters. The normalized spacial score (nSPS) is 14.6. The van der Waals surface area contributed by atoms with Crippen LogP contribution in [-0.2, 0) is 15.7 Å². The van der Waals surface area contributed by atoms with Crippen LogP contribution in [0, 0.1) is 10.1 Å². The van der Waals surface area contributed by atoms with Gasteiger partial charge in [0, 0.05) is 18.4 Å². The van der Waals surface area contributed by atoms with E-state index in [0.29, 0.717) is 19.1 Å². The number of nitrogens with zero attached hydrogens (tertiary/aromatic N) is 1. The van der Waals surface area contributed by atoms with Crippen molar-refractivity contribution in [2.75, 3.05) is 11.9 Å². The summed E-state index contributed by atoms with van der Waals surface area (Å²) in [7, 11) is 0. The number of nitrogens with one attached hydrogen (secondary N) is 1. The summed E-state index contributed by atoms with van der Waals surface area (Å²) in [6, 6.07) is 1.32. The van der Waals surface area contributed by atoms with Crippen molar-refractivity contribution in [1.29, 1.82) is 0 Å². The van der Waals surface area contributed by atoms with Gasteiger partial charge in [0.2, 0.25) is 5.60 Å². The van der Waals surface area contributed by atoms with Gasteiger partial charge in [-0.15, -0.1) is 0 Å². The number of nitro groups is 1. The van der Waals surface area contributed by atoms with Gasteiger partial charge in [0.15, 0.2) is 0 Å². The molecule has 0 radical (unpaired) electrons. The molecule has 0 saturated heterocycles. The Morgan fingerprint density at radius 1 is 1.23 bits per heavy atom. The molecule has 0 fully saturated rings. The number of hydrogen-bond donors (Lipinski definition) is 1. The Labute approximate surface area is 143 Å². The van der Waals surface area contributed by atoms with Crippen molar-refractivity contribution < 1.29 is 40.8 Å². The Morgan fingerprint density at radius 2 is 1.81 bits per heavy atom. The number of benzene rings is 1. The molecule has 0 aliphatic rings. The summed E-state index contributed by atoms with van der Waals surface area (Å²) in [5.41, 5.74) is -6.99. The number of ether oxygens (including phenoxy) is 1. The molecule has 1 aromatic carbocycles. The number of alkyl halides is 6. The molecule has 12 heteroatoms. The average Bonchev–Trinajstić information content (AvgIpc) is 2.50. The first-order valence-electron chi connectivity index (χ1n) is 7.11. The van der Waals surface area contributed by atoms with Crippen molar-refractivity contribution in [3.8, 4) is 0 Å². The average molecular weight is 388 g/mol. The van der Waals surface area contributed by atoms with E-state index in [9.17, 15) is 41.3 Å². The Bertz CT molecular complexity index is 689. The quantitative estimate of drug-likeness (QED) is 0.448. The van der Waals surface area contributed by atoms with E-state index in [4.69, 9.17) is 0 Å². The number of amides is 1. The maximum atomic E-state index is 13.2. The highest BCUT2D eigenvalue weighted by Gasteiger charge is 2.58. The zero-order valence-electron chi connectivity index (χ0n) is 13.5. The first-order valence-corrected chi connectivity index (χ1v) is 7.11. The van der Waals surface area contributed by atoms with Gasteiger partial charge in [0.1, 0.15) is 5.56 Å². The summed E-state index contributed by atoms with van der Waals surface area (Å²) in [4.78, 5) is 21.4. The minimum Gasteiger partial charge on any atom is -0.357 e. The first-order chi connectivity index (χ1) is 11.7. The Balaban J connectivity index is 3.25. The van der Waals surface area contributed by atoms with E-state index in [1.54, 1.807) is 5.32 Å². The molecule has 1 N–H and O–H groups in total. The fraction of sp³-hybridized carbons (Fsp3) is 0.500. The van der Waals surface area contributed by atoms with Gasteiger partial charge in [0.25, 0.3) is 11.6 Å². The van der Waals surface area contributed by atoms with Gasteiger partial charge < -0.3 is 10.1 Å². The molecular formula is C14H14F6N2O4. The van der Waals surface area contributed by atoms with Gasteiger partial charge in [-0.05, 0) is 25.5 Å². The van der Waals surface area contributed by atoms with E-state index in [0.717, 1.165) is 0 Å². The predicted molar refractivity (Wildman–Crippen MR) is 77.4 cm³/mol. The molecule has 0 heterocycles. The summed E-state index contributed by atoms with van der Waals surface area (Å²) < 4.78 is 82.7. The smallest absolute Gasteiger partial charge is 0.357 e. The molecule has 1 unspecified atom stereocenters. The fourth-order valence-corrected chi connectivity index (χ4v) is 1.83. The van der Waals surface area contributed by atoms with E-state index in [-0.39, 0.29) is 12.5 Å². The van der Waals surface area contributed by atoms with Crippen LogP contribution in [-0.4, -0.2) is 29.2 Å². The van der Waals surface area contributed by atoms with Crippen LogP contribution >= 0.6 is 0 Å². The number of anilines is 1. The molecule has 0 spiro atoms. The van der Waals surface area contributed by atoms with Crippen LogP contribution < -0.4 is 5.32 Å². The summed E-state index contributed by atoms with van der Waals surface area (Å²) >= 11 is 0. The fourth-order valence-electron chi connectivity index (χ4n) is 1.83. The minimum atomic E-state index is -5.14. The number of nitro benzene ring substituents is 1. The second kappa shape index (κ2) is 7.48. The molecule has 0 aliphatic carbocycles. The molecule has 0 saturated carbocycles. The lowest BCUT2D eigenvalue weighted by atomic mass is 10.0. The van der Waals surface area contributed by atoms with Crippen molar-refractivity contribution in [3.05, 3.63) is 33.9 Å². The largest absolute Gasteiger partial charge is 0.426 e. The van der Waals surface area contributed by atoms with Crippen LogP contribution in [0.2, 0.25) is 0 Å². The van der Waals surface area contributed by atoms with Crippen molar-refractivity contribution in [2.24, 2.45) is 0 Å². The van der Waals surface area contributed by atoms with E-state index in [1.807, 2.05) is 0 Å². The van der Waals surface area contributed by atoms with Crippen LogP contribution in [0.1, 0.15) is 25.8 Å². The lowest BCUT2D eigenvalue weighted by Gasteiger charge is -2.30. The summed E-state index contributed by atoms with van der Waals surface area (Å²) in [6.45, 7) is 1.52. The summed E-state index contributed by atoms with van der Waals surface area (Å²) in [5.74, 6) is -1.75. The van der Waals surface area contributed by atoms with E-state index >= 15 is 0 Å². The molecule has 0 aromatic heterocycles. The Kier molecular flexibility index (Phi) is 6.23. The topological polar surface area (TPSA) is 81.5 Å². The molecule has 146 valence electrons. The highest BCUT2D eigenvalue weighted by molar-refractivity contribution is 5.98. The van der Waals surface area contributed by atoms with Crippen LogP contribution in [0.3, 0.4) is 0 Å². The molecule has 6 nitrogen and oxygen atoms in total. The summed E-state index contributed by atoms with van der Waals surface area (Å²) in [6.07, 6.45) is -10.1. The lowest BCUT2D eigenvalue weighted by Crippen LogP contribution is -2.54. The third-order valence-electron chi connectivity index (χ3n) is 3.33. The molecule has 1 amide bonds. The number of carbonyl (C=O) groups is 1. The highest BCUT2D eigenvalue weighted by atomic mass is 19.4. The number of hydrogen-bond acceptors (Lipinski definition) is 4. The SMILES string of the molecule is CCCOC(C)(C(=O)Nc1ccc([N+](=O)[O-])c(C(F)(F)F)c1)C(F)(F)F. The zero-order valence-corrected chi connectivity index (χ0v) is 13.5. The van der Waals surface area contributed by atoms with Crippen LogP contribution in [0.4, 0.5) is 37.7 Å². The van der Waals surface area contributed by atoms with Crippen LogP contribution in [0.25, 0.3) is 0 Å². The molecule has 26 heavy (non-hydrogen) atoms. The van der Waals surface area contributed by atoms with Crippen molar-refractivity contribution in [1.82, 2.24) is 0 Å². The van der Waals surface area contributed by atoms with E-state index in [2.05, 4.69) is 4.74 Å². The van der Waals surface area contributed by atoms with Crippen LogP contribution in [0.5, 0.6) is 0 Å². The zero-order chi connectivity index (χ0) is 20.3. The maximum Gasteiger partial charge on any atom is 0.426 e.